The first-order valence-electron chi connectivity index (χ1n) is 6.51. The number of rotatable bonds is 4. The molecule has 8 heteroatoms. The Morgan fingerprint density at radius 2 is 2.05 bits per heavy atom. The Balaban J connectivity index is 2.34. The van der Waals surface area contributed by atoms with Crippen molar-refractivity contribution < 1.29 is 24.3 Å². The Hall–Kier alpha value is -2.22. The Morgan fingerprint density at radius 1 is 1.43 bits per heavy atom. The second kappa shape index (κ2) is 6.04. The van der Waals surface area contributed by atoms with Crippen molar-refractivity contribution in [1.82, 2.24) is 0 Å². The SMILES string of the molecule is O=C(O)c1cc(N2CCC(CO)CC2)c(F)cc1[N+](=O)[O-]. The minimum absolute atomic E-state index is 0.0504. The van der Waals surface area contributed by atoms with Gasteiger partial charge in [0, 0.05) is 19.7 Å². The molecule has 0 unspecified atom stereocenters. The highest BCUT2D eigenvalue weighted by molar-refractivity contribution is 5.93. The molecule has 0 aliphatic carbocycles. The number of halogens is 1. The summed E-state index contributed by atoms with van der Waals surface area (Å²) in [5.74, 6) is -2.12. The highest BCUT2D eigenvalue weighted by atomic mass is 19.1. The number of nitro groups is 1. The number of hydrogen-bond acceptors (Lipinski definition) is 5. The van der Waals surface area contributed by atoms with Crippen LogP contribution in [0.3, 0.4) is 0 Å². The molecule has 1 fully saturated rings. The van der Waals surface area contributed by atoms with Crippen LogP contribution in [0.15, 0.2) is 12.1 Å². The van der Waals surface area contributed by atoms with Crippen molar-refractivity contribution >= 4 is 17.3 Å². The van der Waals surface area contributed by atoms with Crippen molar-refractivity contribution in [3.8, 4) is 0 Å². The number of aliphatic hydroxyl groups is 1. The summed E-state index contributed by atoms with van der Waals surface area (Å²) in [4.78, 5) is 22.6. The number of hydrogen-bond donors (Lipinski definition) is 2. The quantitative estimate of drug-likeness (QED) is 0.647. The third kappa shape index (κ3) is 3.10. The van der Waals surface area contributed by atoms with Gasteiger partial charge in [0.1, 0.15) is 5.56 Å². The number of benzene rings is 1. The van der Waals surface area contributed by atoms with Crippen LogP contribution in [0.25, 0.3) is 0 Å². The zero-order valence-electron chi connectivity index (χ0n) is 11.2. The van der Waals surface area contributed by atoms with E-state index in [-0.39, 0.29) is 18.2 Å². The highest BCUT2D eigenvalue weighted by Gasteiger charge is 2.27. The summed E-state index contributed by atoms with van der Waals surface area (Å²) in [6, 6.07) is 1.66. The summed E-state index contributed by atoms with van der Waals surface area (Å²) in [5, 5.41) is 28.9. The molecule has 1 aromatic rings. The Labute approximate surface area is 119 Å². The number of piperidine rings is 1. The first-order chi connectivity index (χ1) is 9.93. The zero-order valence-corrected chi connectivity index (χ0v) is 11.2. The zero-order chi connectivity index (χ0) is 15.6. The van der Waals surface area contributed by atoms with Crippen molar-refractivity contribution in [2.45, 2.75) is 12.8 Å². The van der Waals surface area contributed by atoms with Gasteiger partial charge in [-0.3, -0.25) is 10.1 Å². The molecule has 1 aliphatic rings. The monoisotopic (exact) mass is 298 g/mol. The molecule has 1 aromatic carbocycles. The minimum atomic E-state index is -1.46. The van der Waals surface area contributed by atoms with E-state index in [0.29, 0.717) is 32.0 Å². The van der Waals surface area contributed by atoms with Crippen molar-refractivity contribution in [1.29, 1.82) is 0 Å². The highest BCUT2D eigenvalue weighted by Crippen LogP contribution is 2.31. The molecule has 0 spiro atoms. The molecule has 0 atom stereocenters. The van der Waals surface area contributed by atoms with Crippen LogP contribution in [0.1, 0.15) is 23.2 Å². The topological polar surface area (TPSA) is 104 Å². The Kier molecular flexibility index (Phi) is 4.37. The van der Waals surface area contributed by atoms with Crippen LogP contribution in [0.4, 0.5) is 15.8 Å². The lowest BCUT2D eigenvalue weighted by atomic mass is 9.97. The molecular formula is C13H15FN2O5. The van der Waals surface area contributed by atoms with Crippen LogP contribution < -0.4 is 4.90 Å². The molecule has 2 rings (SSSR count). The van der Waals surface area contributed by atoms with Gasteiger partial charge in [0.15, 0.2) is 5.82 Å². The number of nitro benzene ring substituents is 1. The van der Waals surface area contributed by atoms with Crippen LogP contribution in [0, 0.1) is 21.8 Å². The number of carboxylic acids is 1. The Morgan fingerprint density at radius 3 is 2.52 bits per heavy atom. The van der Waals surface area contributed by atoms with Crippen LogP contribution in [0.5, 0.6) is 0 Å². The molecule has 1 aliphatic heterocycles. The van der Waals surface area contributed by atoms with Gasteiger partial charge in [0.2, 0.25) is 0 Å². The third-order valence-corrected chi connectivity index (χ3v) is 3.71. The lowest BCUT2D eigenvalue weighted by molar-refractivity contribution is -0.385. The van der Waals surface area contributed by atoms with Crippen LogP contribution in [-0.2, 0) is 0 Å². The summed E-state index contributed by atoms with van der Waals surface area (Å²) in [7, 11) is 0. The number of nitrogens with zero attached hydrogens (tertiary/aromatic N) is 2. The summed E-state index contributed by atoms with van der Waals surface area (Å²) in [5.41, 5.74) is -1.23. The van der Waals surface area contributed by atoms with Gasteiger partial charge in [-0.05, 0) is 24.8 Å². The molecule has 21 heavy (non-hydrogen) atoms. The van der Waals surface area contributed by atoms with E-state index in [4.69, 9.17) is 10.2 Å². The van der Waals surface area contributed by atoms with Crippen LogP contribution in [0.2, 0.25) is 0 Å². The van der Waals surface area contributed by atoms with E-state index < -0.39 is 28.0 Å². The summed E-state index contributed by atoms with van der Waals surface area (Å²) < 4.78 is 14.0. The molecule has 0 aromatic heterocycles. The number of anilines is 1. The van der Waals surface area contributed by atoms with E-state index in [0.717, 1.165) is 6.07 Å². The average molecular weight is 298 g/mol. The molecule has 114 valence electrons. The van der Waals surface area contributed by atoms with E-state index in [1.807, 2.05) is 0 Å². The molecular weight excluding hydrogens is 283 g/mol. The van der Waals surface area contributed by atoms with Crippen molar-refractivity contribution in [3.63, 3.8) is 0 Å². The first-order valence-corrected chi connectivity index (χ1v) is 6.51. The van der Waals surface area contributed by atoms with Gasteiger partial charge in [-0.2, -0.15) is 0 Å². The number of carbonyl (C=O) groups is 1. The predicted octanol–water partition coefficient (Wildman–Crippen LogP) is 1.64. The lowest BCUT2D eigenvalue weighted by Gasteiger charge is -2.33. The number of aliphatic hydroxyl groups excluding tert-OH is 1. The van der Waals surface area contributed by atoms with E-state index in [1.165, 1.54) is 0 Å². The minimum Gasteiger partial charge on any atom is -0.477 e. The molecule has 0 radical (unpaired) electrons. The van der Waals surface area contributed by atoms with Gasteiger partial charge in [0.05, 0.1) is 16.7 Å². The van der Waals surface area contributed by atoms with E-state index in [1.54, 1.807) is 4.90 Å². The van der Waals surface area contributed by atoms with Gasteiger partial charge < -0.3 is 15.1 Å². The largest absolute Gasteiger partial charge is 0.477 e. The molecule has 7 nitrogen and oxygen atoms in total. The lowest BCUT2D eigenvalue weighted by Crippen LogP contribution is -2.35. The first kappa shape index (κ1) is 15.2. The second-order valence-corrected chi connectivity index (χ2v) is 5.00. The van der Waals surface area contributed by atoms with Gasteiger partial charge in [-0.1, -0.05) is 0 Å². The molecule has 0 bridgehead atoms. The van der Waals surface area contributed by atoms with E-state index in [9.17, 15) is 19.3 Å². The van der Waals surface area contributed by atoms with Crippen LogP contribution >= 0.6 is 0 Å². The maximum absolute atomic E-state index is 14.0. The standard InChI is InChI=1S/C13H15FN2O5/c14-10-6-11(16(20)21)9(13(18)19)5-12(10)15-3-1-8(7-17)2-4-15/h5-6,8,17H,1-4,7H2,(H,18,19). The third-order valence-electron chi connectivity index (χ3n) is 3.71. The fourth-order valence-corrected chi connectivity index (χ4v) is 2.47. The molecule has 0 saturated carbocycles. The maximum atomic E-state index is 14.0. The second-order valence-electron chi connectivity index (χ2n) is 5.00. The van der Waals surface area contributed by atoms with Gasteiger partial charge in [0.25, 0.3) is 5.69 Å². The summed E-state index contributed by atoms with van der Waals surface area (Å²) in [6.45, 7) is 1.01. The molecule has 1 heterocycles. The van der Waals surface area contributed by atoms with E-state index in [2.05, 4.69) is 0 Å². The Bertz CT molecular complexity index is 570. The van der Waals surface area contributed by atoms with Crippen molar-refractivity contribution in [3.05, 3.63) is 33.6 Å². The predicted molar refractivity (Wildman–Crippen MR) is 72.0 cm³/mol. The van der Waals surface area contributed by atoms with Crippen molar-refractivity contribution in [2.24, 2.45) is 5.92 Å². The summed E-state index contributed by atoms with van der Waals surface area (Å²) in [6.07, 6.45) is 1.32. The normalized spacial score (nSPS) is 16.0. The van der Waals surface area contributed by atoms with Gasteiger partial charge in [-0.25, -0.2) is 9.18 Å². The number of carboxylic acid groups (broad SMARTS) is 1. The van der Waals surface area contributed by atoms with Crippen molar-refractivity contribution in [2.75, 3.05) is 24.6 Å². The average Bonchev–Trinajstić information content (AvgIpc) is 2.46. The van der Waals surface area contributed by atoms with Gasteiger partial charge >= 0.3 is 5.97 Å². The fraction of sp³-hybridized carbons (Fsp3) is 0.462. The fourth-order valence-electron chi connectivity index (χ4n) is 2.47. The van der Waals surface area contributed by atoms with Gasteiger partial charge in [-0.15, -0.1) is 0 Å². The van der Waals surface area contributed by atoms with E-state index >= 15 is 0 Å². The molecule has 2 N–H and O–H groups in total. The smallest absolute Gasteiger partial charge is 0.342 e. The van der Waals surface area contributed by atoms with Crippen LogP contribution in [-0.4, -0.2) is 40.8 Å². The number of aromatic carboxylic acids is 1. The maximum Gasteiger partial charge on any atom is 0.342 e. The molecule has 0 amide bonds. The summed E-state index contributed by atoms with van der Waals surface area (Å²) >= 11 is 0. The molecule has 1 saturated heterocycles.